The summed E-state index contributed by atoms with van der Waals surface area (Å²) in [6.07, 6.45) is -4.50. The molecule has 0 saturated heterocycles. The van der Waals surface area contributed by atoms with E-state index in [0.717, 1.165) is 10.5 Å². The maximum atomic E-state index is 12.8. The van der Waals surface area contributed by atoms with Crippen molar-refractivity contribution < 1.29 is 18.0 Å². The van der Waals surface area contributed by atoms with Crippen LogP contribution in [0.2, 0.25) is 0 Å². The number of alkyl halides is 3. The first kappa shape index (κ1) is 14.7. The lowest BCUT2D eigenvalue weighted by molar-refractivity contribution is -0.194. The number of carbonyl (C=O) groups is 1. The Morgan fingerprint density at radius 1 is 1.40 bits per heavy atom. The summed E-state index contributed by atoms with van der Waals surface area (Å²) < 4.78 is 38.4. The predicted octanol–water partition coefficient (Wildman–Crippen LogP) is 3.06. The Kier molecular flexibility index (Phi) is 3.23. The van der Waals surface area contributed by atoms with E-state index in [1.54, 1.807) is 32.9 Å². The van der Waals surface area contributed by atoms with Gasteiger partial charge in [0.25, 0.3) is 0 Å². The van der Waals surface area contributed by atoms with Gasteiger partial charge in [-0.2, -0.15) is 13.2 Å². The highest BCUT2D eigenvalue weighted by Gasteiger charge is 2.50. The van der Waals surface area contributed by atoms with Crippen molar-refractivity contribution in [2.24, 2.45) is 0 Å². The minimum absolute atomic E-state index is 0.370. The van der Waals surface area contributed by atoms with Crippen LogP contribution in [0.3, 0.4) is 0 Å². The van der Waals surface area contributed by atoms with E-state index in [4.69, 9.17) is 5.73 Å². The molecule has 0 fully saturated rings. The van der Waals surface area contributed by atoms with Crippen molar-refractivity contribution in [3.05, 3.63) is 29.3 Å². The summed E-state index contributed by atoms with van der Waals surface area (Å²) in [6, 6.07) is 4.53. The van der Waals surface area contributed by atoms with E-state index in [1.165, 1.54) is 0 Å². The van der Waals surface area contributed by atoms with Crippen molar-refractivity contribution in [1.82, 2.24) is 4.90 Å². The quantitative estimate of drug-likeness (QED) is 0.745. The molecule has 1 aliphatic heterocycles. The molecule has 2 N–H and O–H groups in total. The molecule has 1 unspecified atom stereocenters. The summed E-state index contributed by atoms with van der Waals surface area (Å²) in [5, 5.41) is 0. The third kappa shape index (κ3) is 2.34. The Bertz CT molecular complexity index is 552. The van der Waals surface area contributed by atoms with Gasteiger partial charge in [0.15, 0.2) is 0 Å². The van der Waals surface area contributed by atoms with Crippen LogP contribution < -0.4 is 5.73 Å². The van der Waals surface area contributed by atoms with Crippen molar-refractivity contribution >= 4 is 11.6 Å². The summed E-state index contributed by atoms with van der Waals surface area (Å²) >= 11 is 0. The molecule has 0 spiro atoms. The van der Waals surface area contributed by atoms with Crippen LogP contribution in [0.15, 0.2) is 18.2 Å². The smallest absolute Gasteiger partial charge is 0.399 e. The van der Waals surface area contributed by atoms with Gasteiger partial charge in [0.1, 0.15) is 0 Å². The molecule has 3 nitrogen and oxygen atoms in total. The van der Waals surface area contributed by atoms with E-state index >= 15 is 0 Å². The molecule has 0 bridgehead atoms. The second-order valence-corrected chi connectivity index (χ2v) is 5.80. The minimum atomic E-state index is -4.87. The number of nitrogens with two attached hydrogens (primary N) is 1. The number of benzene rings is 1. The SMILES string of the molecule is CC1c2cc(N)ccc2CC(C)(C)N1C(=O)C(F)(F)F. The lowest BCUT2D eigenvalue weighted by atomic mass is 9.81. The second kappa shape index (κ2) is 4.40. The normalized spacial score (nSPS) is 21.5. The van der Waals surface area contributed by atoms with E-state index in [9.17, 15) is 18.0 Å². The molecule has 20 heavy (non-hydrogen) atoms. The standard InChI is InChI=1S/C14H17F3N2O/c1-8-11-6-10(18)5-4-9(11)7-13(2,3)19(8)12(20)14(15,16)17/h4-6,8H,7,18H2,1-3H3. The molecule has 0 aromatic heterocycles. The van der Waals surface area contributed by atoms with Crippen LogP contribution in [0, 0.1) is 0 Å². The molecule has 1 aromatic carbocycles. The molecule has 6 heteroatoms. The summed E-state index contributed by atoms with van der Waals surface area (Å²) in [6.45, 7) is 4.89. The van der Waals surface area contributed by atoms with Gasteiger partial charge in [-0.3, -0.25) is 4.79 Å². The molecule has 0 saturated carbocycles. The van der Waals surface area contributed by atoms with Gasteiger partial charge in [-0.1, -0.05) is 6.07 Å². The predicted molar refractivity (Wildman–Crippen MR) is 70.0 cm³/mol. The fourth-order valence-electron chi connectivity index (χ4n) is 2.97. The average molecular weight is 286 g/mol. The fraction of sp³-hybridized carbons (Fsp3) is 0.500. The molecule has 1 atom stereocenters. The number of carbonyl (C=O) groups excluding carboxylic acids is 1. The fourth-order valence-corrected chi connectivity index (χ4v) is 2.97. The van der Waals surface area contributed by atoms with E-state index < -0.39 is 23.7 Å². The van der Waals surface area contributed by atoms with Crippen LogP contribution in [0.1, 0.15) is 37.9 Å². The van der Waals surface area contributed by atoms with Crippen LogP contribution in [0.5, 0.6) is 0 Å². The summed E-state index contributed by atoms with van der Waals surface area (Å²) in [7, 11) is 0. The molecule has 2 rings (SSSR count). The van der Waals surface area contributed by atoms with Crippen LogP contribution in [-0.4, -0.2) is 22.5 Å². The highest BCUT2D eigenvalue weighted by molar-refractivity contribution is 5.83. The number of halogens is 3. The van der Waals surface area contributed by atoms with Gasteiger partial charge in [-0.15, -0.1) is 0 Å². The Hall–Kier alpha value is -1.72. The van der Waals surface area contributed by atoms with Gasteiger partial charge in [0, 0.05) is 11.2 Å². The average Bonchev–Trinajstić information content (AvgIpc) is 2.28. The van der Waals surface area contributed by atoms with Gasteiger partial charge in [-0.25, -0.2) is 0 Å². The number of anilines is 1. The van der Waals surface area contributed by atoms with Crippen LogP contribution >= 0.6 is 0 Å². The molecule has 1 heterocycles. The number of nitrogens with zero attached hydrogens (tertiary/aromatic N) is 1. The van der Waals surface area contributed by atoms with Gasteiger partial charge in [-0.05, 0) is 50.5 Å². The molecular weight excluding hydrogens is 269 g/mol. The zero-order chi connectivity index (χ0) is 15.3. The summed E-state index contributed by atoms with van der Waals surface area (Å²) in [4.78, 5) is 12.6. The first-order chi connectivity index (χ1) is 9.04. The number of nitrogen functional groups attached to an aromatic ring is 1. The van der Waals surface area contributed by atoms with E-state index in [-0.39, 0.29) is 0 Å². The molecule has 1 aliphatic rings. The van der Waals surface area contributed by atoms with E-state index in [0.29, 0.717) is 17.7 Å². The Balaban J connectivity index is 2.51. The summed E-state index contributed by atoms with van der Waals surface area (Å²) in [5.74, 6) is -1.80. The number of rotatable bonds is 0. The topological polar surface area (TPSA) is 46.3 Å². The van der Waals surface area contributed by atoms with E-state index in [2.05, 4.69) is 0 Å². The van der Waals surface area contributed by atoms with Crippen molar-refractivity contribution in [3.8, 4) is 0 Å². The van der Waals surface area contributed by atoms with Gasteiger partial charge in [0.2, 0.25) is 0 Å². The highest BCUT2D eigenvalue weighted by Crippen LogP contribution is 2.41. The lowest BCUT2D eigenvalue weighted by Crippen LogP contribution is -2.56. The van der Waals surface area contributed by atoms with Crippen molar-refractivity contribution in [2.75, 3.05) is 5.73 Å². The number of amides is 1. The van der Waals surface area contributed by atoms with Gasteiger partial charge < -0.3 is 10.6 Å². The molecule has 0 radical (unpaired) electrons. The number of hydrogen-bond acceptors (Lipinski definition) is 2. The van der Waals surface area contributed by atoms with Gasteiger partial charge in [0.05, 0.1) is 6.04 Å². The zero-order valence-corrected chi connectivity index (χ0v) is 11.6. The monoisotopic (exact) mass is 286 g/mol. The Labute approximate surface area is 115 Å². The van der Waals surface area contributed by atoms with Crippen LogP contribution in [-0.2, 0) is 11.2 Å². The Morgan fingerprint density at radius 2 is 2.00 bits per heavy atom. The Morgan fingerprint density at radius 3 is 2.55 bits per heavy atom. The van der Waals surface area contributed by atoms with E-state index in [1.807, 2.05) is 6.07 Å². The number of hydrogen-bond donors (Lipinski definition) is 1. The lowest BCUT2D eigenvalue weighted by Gasteiger charge is -2.47. The molecule has 0 aliphatic carbocycles. The molecule has 110 valence electrons. The van der Waals surface area contributed by atoms with Crippen LogP contribution in [0.25, 0.3) is 0 Å². The summed E-state index contributed by atoms with van der Waals surface area (Å²) in [5.41, 5.74) is 6.90. The van der Waals surface area contributed by atoms with Crippen LogP contribution in [0.4, 0.5) is 18.9 Å². The zero-order valence-electron chi connectivity index (χ0n) is 11.6. The maximum absolute atomic E-state index is 12.8. The third-order valence-electron chi connectivity index (χ3n) is 3.74. The molecule has 1 aromatic rings. The van der Waals surface area contributed by atoms with Crippen molar-refractivity contribution in [3.63, 3.8) is 0 Å². The van der Waals surface area contributed by atoms with Crippen molar-refractivity contribution in [1.29, 1.82) is 0 Å². The van der Waals surface area contributed by atoms with Gasteiger partial charge >= 0.3 is 12.1 Å². The molecular formula is C14H17F3N2O. The third-order valence-corrected chi connectivity index (χ3v) is 3.74. The minimum Gasteiger partial charge on any atom is -0.399 e. The first-order valence-electron chi connectivity index (χ1n) is 6.33. The molecule has 1 amide bonds. The first-order valence-corrected chi connectivity index (χ1v) is 6.33. The largest absolute Gasteiger partial charge is 0.471 e. The maximum Gasteiger partial charge on any atom is 0.471 e. The second-order valence-electron chi connectivity index (χ2n) is 5.80. The van der Waals surface area contributed by atoms with Crippen molar-refractivity contribution in [2.45, 2.75) is 44.9 Å². The highest BCUT2D eigenvalue weighted by atomic mass is 19.4. The number of fused-ring (bicyclic) bond motifs is 1.